The van der Waals surface area contributed by atoms with Gasteiger partial charge in [-0.2, -0.15) is 5.26 Å². The molecule has 1 aromatic carbocycles. The molecule has 0 saturated carbocycles. The van der Waals surface area contributed by atoms with Gasteiger partial charge in [0.1, 0.15) is 5.82 Å². The van der Waals surface area contributed by atoms with Crippen LogP contribution >= 0.6 is 11.6 Å². The van der Waals surface area contributed by atoms with E-state index < -0.39 is 0 Å². The van der Waals surface area contributed by atoms with Crippen molar-refractivity contribution in [3.05, 3.63) is 47.4 Å². The van der Waals surface area contributed by atoms with Crippen LogP contribution in [0.5, 0.6) is 0 Å². The second kappa shape index (κ2) is 4.73. The summed E-state index contributed by atoms with van der Waals surface area (Å²) in [5.41, 5.74) is 1.59. The van der Waals surface area contributed by atoms with Crippen molar-refractivity contribution in [2.24, 2.45) is 0 Å². The molecule has 0 radical (unpaired) electrons. The molecule has 0 atom stereocenters. The maximum absolute atomic E-state index is 8.58. The Kier molecular flexibility index (Phi) is 3.13. The first-order valence-corrected chi connectivity index (χ1v) is 5.13. The maximum Gasteiger partial charge on any atom is 0.142 e. The van der Waals surface area contributed by atoms with E-state index in [1.807, 2.05) is 30.3 Å². The molecule has 0 N–H and O–H groups in total. The summed E-state index contributed by atoms with van der Waals surface area (Å²) in [6.07, 6.45) is 1.84. The highest BCUT2D eigenvalue weighted by atomic mass is 35.5. The second-order valence-electron chi connectivity index (χ2n) is 3.17. The molecule has 16 heavy (non-hydrogen) atoms. The molecule has 2 aromatic rings. The number of rotatable bonds is 2. The Labute approximate surface area is 98.4 Å². The van der Waals surface area contributed by atoms with Crippen LogP contribution in [-0.4, -0.2) is 9.97 Å². The first-order chi connectivity index (χ1) is 7.81. The second-order valence-corrected chi connectivity index (χ2v) is 3.58. The van der Waals surface area contributed by atoms with Crippen LogP contribution in [0.25, 0.3) is 11.3 Å². The average Bonchev–Trinajstić information content (AvgIpc) is 2.30. The number of nitriles is 1. The third-order valence-corrected chi connectivity index (χ3v) is 2.42. The molecule has 78 valence electrons. The van der Waals surface area contributed by atoms with Gasteiger partial charge in [0.2, 0.25) is 0 Å². The Bertz CT molecular complexity index is 546. The number of aromatic nitrogens is 2. The molecule has 4 heteroatoms. The van der Waals surface area contributed by atoms with Crippen molar-refractivity contribution in [1.82, 2.24) is 9.97 Å². The fourth-order valence-electron chi connectivity index (χ4n) is 1.37. The van der Waals surface area contributed by atoms with E-state index in [4.69, 9.17) is 16.9 Å². The minimum absolute atomic E-state index is 0.207. The largest absolute Gasteiger partial charge is 0.240 e. The van der Waals surface area contributed by atoms with E-state index in [1.54, 1.807) is 12.3 Å². The van der Waals surface area contributed by atoms with Gasteiger partial charge < -0.3 is 0 Å². The Hall–Kier alpha value is -1.92. The van der Waals surface area contributed by atoms with Crippen molar-refractivity contribution in [3.8, 4) is 17.3 Å². The zero-order valence-corrected chi connectivity index (χ0v) is 9.15. The van der Waals surface area contributed by atoms with Crippen LogP contribution in [0.3, 0.4) is 0 Å². The van der Waals surface area contributed by atoms with Gasteiger partial charge in [0, 0.05) is 16.8 Å². The summed E-state index contributed by atoms with van der Waals surface area (Å²) in [7, 11) is 0. The van der Waals surface area contributed by atoms with Crippen LogP contribution in [0.15, 0.2) is 36.5 Å². The van der Waals surface area contributed by atoms with Gasteiger partial charge in [-0.1, -0.05) is 29.8 Å². The zero-order chi connectivity index (χ0) is 11.4. The smallest absolute Gasteiger partial charge is 0.142 e. The predicted octanol–water partition coefficient (Wildman–Crippen LogP) is 2.86. The molecule has 0 aliphatic rings. The quantitative estimate of drug-likeness (QED) is 0.796. The van der Waals surface area contributed by atoms with Crippen molar-refractivity contribution >= 4 is 11.6 Å². The highest BCUT2D eigenvalue weighted by molar-refractivity contribution is 6.33. The first kappa shape index (κ1) is 10.6. The van der Waals surface area contributed by atoms with Crippen molar-refractivity contribution in [1.29, 1.82) is 5.26 Å². The minimum Gasteiger partial charge on any atom is -0.240 e. The van der Waals surface area contributed by atoms with Crippen LogP contribution < -0.4 is 0 Å². The van der Waals surface area contributed by atoms with Crippen LogP contribution in [0.1, 0.15) is 5.82 Å². The lowest BCUT2D eigenvalue weighted by Gasteiger charge is -2.03. The molecule has 0 spiro atoms. The van der Waals surface area contributed by atoms with Gasteiger partial charge in [-0.3, -0.25) is 0 Å². The number of hydrogen-bond donors (Lipinski definition) is 0. The normalized spacial score (nSPS) is 9.75. The Morgan fingerprint density at radius 1 is 1.25 bits per heavy atom. The van der Waals surface area contributed by atoms with E-state index in [-0.39, 0.29) is 6.42 Å². The van der Waals surface area contributed by atoms with E-state index in [1.165, 1.54) is 0 Å². The third kappa shape index (κ3) is 2.18. The fraction of sp³-hybridized carbons (Fsp3) is 0.0833. The molecule has 3 nitrogen and oxygen atoms in total. The standard InChI is InChI=1S/C12H8ClN3/c13-10-4-2-1-3-9(10)11-6-8-15-12(16-11)5-7-14/h1-4,6,8H,5H2. The number of nitrogens with zero attached hydrogens (tertiary/aromatic N) is 3. The summed E-state index contributed by atoms with van der Waals surface area (Å²) in [4.78, 5) is 8.28. The molecular formula is C12H8ClN3. The molecule has 0 bridgehead atoms. The molecule has 2 rings (SSSR count). The van der Waals surface area contributed by atoms with Gasteiger partial charge >= 0.3 is 0 Å². The topological polar surface area (TPSA) is 49.6 Å². The first-order valence-electron chi connectivity index (χ1n) is 4.75. The summed E-state index contributed by atoms with van der Waals surface area (Å²) in [6, 6.07) is 11.3. The molecule has 0 aliphatic heterocycles. The lowest BCUT2D eigenvalue weighted by molar-refractivity contribution is 0.999. The van der Waals surface area contributed by atoms with Crippen molar-refractivity contribution in [3.63, 3.8) is 0 Å². The lowest BCUT2D eigenvalue weighted by atomic mass is 10.1. The monoisotopic (exact) mass is 229 g/mol. The van der Waals surface area contributed by atoms with Crippen LogP contribution in [0.4, 0.5) is 0 Å². The van der Waals surface area contributed by atoms with E-state index in [2.05, 4.69) is 9.97 Å². The van der Waals surface area contributed by atoms with Crippen LogP contribution in [0, 0.1) is 11.3 Å². The van der Waals surface area contributed by atoms with E-state index >= 15 is 0 Å². The van der Waals surface area contributed by atoms with Crippen molar-refractivity contribution < 1.29 is 0 Å². The summed E-state index contributed by atoms with van der Waals surface area (Å²) in [5, 5.41) is 9.22. The van der Waals surface area contributed by atoms with Gasteiger partial charge in [-0.15, -0.1) is 0 Å². The fourth-order valence-corrected chi connectivity index (χ4v) is 1.61. The Balaban J connectivity index is 2.45. The molecule has 1 aromatic heterocycles. The molecule has 0 amide bonds. The molecule has 0 saturated heterocycles. The molecule has 0 fully saturated rings. The minimum atomic E-state index is 0.207. The maximum atomic E-state index is 8.58. The summed E-state index contributed by atoms with van der Waals surface area (Å²) in [6.45, 7) is 0. The van der Waals surface area contributed by atoms with Crippen LogP contribution in [0.2, 0.25) is 5.02 Å². The average molecular weight is 230 g/mol. The SMILES string of the molecule is N#CCc1nccc(-c2ccccc2Cl)n1. The van der Waals surface area contributed by atoms with Gasteiger partial charge in [0.25, 0.3) is 0 Å². The zero-order valence-electron chi connectivity index (χ0n) is 8.39. The number of halogens is 1. The third-order valence-electron chi connectivity index (χ3n) is 2.09. The van der Waals surface area contributed by atoms with Gasteiger partial charge in [-0.25, -0.2) is 9.97 Å². The van der Waals surface area contributed by atoms with Crippen molar-refractivity contribution in [2.75, 3.05) is 0 Å². The molecule has 0 aliphatic carbocycles. The van der Waals surface area contributed by atoms with Crippen LogP contribution in [-0.2, 0) is 6.42 Å². The van der Waals surface area contributed by atoms with E-state index in [0.29, 0.717) is 10.8 Å². The Morgan fingerprint density at radius 2 is 2.06 bits per heavy atom. The molecule has 1 heterocycles. The highest BCUT2D eigenvalue weighted by Gasteiger charge is 2.05. The van der Waals surface area contributed by atoms with Gasteiger partial charge in [0.05, 0.1) is 18.2 Å². The summed E-state index contributed by atoms with van der Waals surface area (Å²) in [5.74, 6) is 0.514. The Morgan fingerprint density at radius 3 is 2.81 bits per heavy atom. The number of benzene rings is 1. The van der Waals surface area contributed by atoms with Crippen molar-refractivity contribution in [2.45, 2.75) is 6.42 Å². The van der Waals surface area contributed by atoms with E-state index in [9.17, 15) is 0 Å². The summed E-state index contributed by atoms with van der Waals surface area (Å²) < 4.78 is 0. The van der Waals surface area contributed by atoms with Gasteiger partial charge in [0.15, 0.2) is 0 Å². The van der Waals surface area contributed by atoms with E-state index in [0.717, 1.165) is 11.3 Å². The molecule has 0 unspecified atom stereocenters. The molecular weight excluding hydrogens is 222 g/mol. The number of hydrogen-bond acceptors (Lipinski definition) is 3. The highest BCUT2D eigenvalue weighted by Crippen LogP contribution is 2.25. The lowest BCUT2D eigenvalue weighted by Crippen LogP contribution is -1.94. The summed E-state index contributed by atoms with van der Waals surface area (Å²) >= 11 is 6.06. The predicted molar refractivity (Wildman–Crippen MR) is 61.8 cm³/mol. The van der Waals surface area contributed by atoms with Gasteiger partial charge in [-0.05, 0) is 12.1 Å².